The van der Waals surface area contributed by atoms with Crippen LogP contribution in [0.5, 0.6) is 0 Å². The average molecular weight is 329 g/mol. The van der Waals surface area contributed by atoms with Gasteiger partial charge in [0.05, 0.1) is 12.5 Å². The summed E-state index contributed by atoms with van der Waals surface area (Å²) in [7, 11) is 0. The minimum Gasteiger partial charge on any atom is -0.370 e. The lowest BCUT2D eigenvalue weighted by Gasteiger charge is -2.11. The number of rotatable bonds is 7. The molecule has 0 saturated carbocycles. The Morgan fingerprint density at radius 2 is 1.64 bits per heavy atom. The molecule has 0 fully saturated rings. The maximum Gasteiger partial charge on any atom is 0.251 e. The Balaban J connectivity index is 0.00000441. The van der Waals surface area contributed by atoms with E-state index >= 15 is 0 Å². The van der Waals surface area contributed by atoms with Crippen molar-refractivity contribution in [2.24, 2.45) is 11.5 Å². The van der Waals surface area contributed by atoms with Gasteiger partial charge in [-0.2, -0.15) is 0 Å². The summed E-state index contributed by atoms with van der Waals surface area (Å²) in [6.07, 6.45) is -0.207. The van der Waals surface area contributed by atoms with Crippen LogP contribution < -0.4 is 22.1 Å². The number of amides is 3. The zero-order valence-electron chi connectivity index (χ0n) is 12.3. The molecule has 1 aromatic carbocycles. The zero-order chi connectivity index (χ0) is 15.8. The van der Waals surface area contributed by atoms with E-state index in [1.165, 1.54) is 0 Å². The Kier molecular flexibility index (Phi) is 8.81. The molecule has 0 radical (unpaired) electrons. The lowest BCUT2D eigenvalue weighted by molar-refractivity contribution is -0.126. The molecule has 1 aromatic rings. The van der Waals surface area contributed by atoms with E-state index in [4.69, 9.17) is 11.5 Å². The molecule has 0 bridgehead atoms. The van der Waals surface area contributed by atoms with Crippen LogP contribution in [0.2, 0.25) is 0 Å². The van der Waals surface area contributed by atoms with Crippen LogP contribution in [0.25, 0.3) is 0 Å². The number of primary amides is 1. The smallest absolute Gasteiger partial charge is 0.251 e. The van der Waals surface area contributed by atoms with Crippen molar-refractivity contribution in [3.63, 3.8) is 0 Å². The summed E-state index contributed by atoms with van der Waals surface area (Å²) in [5.41, 5.74) is 12.0. The quantitative estimate of drug-likeness (QED) is 0.501. The first-order valence-corrected chi connectivity index (χ1v) is 6.56. The van der Waals surface area contributed by atoms with Crippen LogP contribution in [0.1, 0.15) is 22.3 Å². The molecule has 122 valence electrons. The Morgan fingerprint density at radius 1 is 1.09 bits per heavy atom. The van der Waals surface area contributed by atoms with Crippen LogP contribution >= 0.6 is 12.4 Å². The Morgan fingerprint density at radius 3 is 2.18 bits per heavy atom. The number of hydrogen-bond donors (Lipinski definition) is 4. The number of benzene rings is 1. The van der Waals surface area contributed by atoms with Crippen LogP contribution in [-0.4, -0.2) is 36.9 Å². The standard InChI is InChI=1S/C14H20N4O3.ClH/c1-9-2-4-10(5-3-9)13(20)17-6-7-18-14(21)11(15)8-12(16)19;/h2-5,11H,6-8,15H2,1H3,(H2,16,19)(H,17,20)(H,18,21);1H. The predicted octanol–water partition coefficient (Wildman–Crippen LogP) is -0.534. The van der Waals surface area contributed by atoms with Crippen molar-refractivity contribution in [1.82, 2.24) is 10.6 Å². The number of carbonyl (C=O) groups excluding carboxylic acids is 3. The molecule has 0 spiro atoms. The van der Waals surface area contributed by atoms with Gasteiger partial charge in [-0.05, 0) is 19.1 Å². The van der Waals surface area contributed by atoms with Gasteiger partial charge in [-0.3, -0.25) is 14.4 Å². The summed E-state index contributed by atoms with van der Waals surface area (Å²) in [5.74, 6) is -1.32. The fourth-order valence-corrected chi connectivity index (χ4v) is 1.61. The Labute approximate surface area is 135 Å². The van der Waals surface area contributed by atoms with Crippen LogP contribution in [0.4, 0.5) is 0 Å². The normalized spacial score (nSPS) is 11.0. The van der Waals surface area contributed by atoms with Gasteiger partial charge in [0, 0.05) is 18.7 Å². The summed E-state index contributed by atoms with van der Waals surface area (Å²) in [5, 5.41) is 5.18. The third kappa shape index (κ3) is 7.05. The second-order valence-corrected chi connectivity index (χ2v) is 4.69. The molecule has 1 unspecified atom stereocenters. The minimum atomic E-state index is -0.963. The van der Waals surface area contributed by atoms with E-state index in [-0.39, 0.29) is 37.8 Å². The molecule has 0 aliphatic carbocycles. The second-order valence-electron chi connectivity index (χ2n) is 4.69. The maximum atomic E-state index is 11.8. The number of halogens is 1. The highest BCUT2D eigenvalue weighted by atomic mass is 35.5. The molecule has 0 aliphatic rings. The van der Waals surface area contributed by atoms with E-state index < -0.39 is 17.9 Å². The number of hydrogen-bond acceptors (Lipinski definition) is 4. The molecule has 7 nitrogen and oxygen atoms in total. The van der Waals surface area contributed by atoms with Crippen molar-refractivity contribution in [2.45, 2.75) is 19.4 Å². The SMILES string of the molecule is Cc1ccc(C(=O)NCCNC(=O)C(N)CC(N)=O)cc1.Cl. The number of nitrogens with two attached hydrogens (primary N) is 2. The Hall–Kier alpha value is -2.12. The fourth-order valence-electron chi connectivity index (χ4n) is 1.61. The molecule has 1 rings (SSSR count). The van der Waals surface area contributed by atoms with Crippen molar-refractivity contribution >= 4 is 30.1 Å². The lowest BCUT2D eigenvalue weighted by atomic mass is 10.1. The zero-order valence-corrected chi connectivity index (χ0v) is 13.1. The molecule has 6 N–H and O–H groups in total. The lowest BCUT2D eigenvalue weighted by Crippen LogP contribution is -2.45. The van der Waals surface area contributed by atoms with Crippen molar-refractivity contribution < 1.29 is 14.4 Å². The van der Waals surface area contributed by atoms with Gasteiger partial charge >= 0.3 is 0 Å². The summed E-state index contributed by atoms with van der Waals surface area (Å²) in [4.78, 5) is 33.9. The molecule has 0 aliphatic heterocycles. The van der Waals surface area contributed by atoms with Crippen LogP contribution in [0, 0.1) is 6.92 Å². The first-order valence-electron chi connectivity index (χ1n) is 6.56. The van der Waals surface area contributed by atoms with E-state index in [9.17, 15) is 14.4 Å². The first-order chi connectivity index (χ1) is 9.90. The summed E-state index contributed by atoms with van der Waals surface area (Å²) < 4.78 is 0. The van der Waals surface area contributed by atoms with E-state index in [0.29, 0.717) is 5.56 Å². The van der Waals surface area contributed by atoms with Gasteiger partial charge in [0.25, 0.3) is 5.91 Å². The van der Waals surface area contributed by atoms with Gasteiger partial charge in [-0.1, -0.05) is 17.7 Å². The van der Waals surface area contributed by atoms with Gasteiger partial charge in [0.1, 0.15) is 0 Å². The van der Waals surface area contributed by atoms with Crippen LogP contribution in [0.15, 0.2) is 24.3 Å². The van der Waals surface area contributed by atoms with Crippen LogP contribution in [0.3, 0.4) is 0 Å². The first kappa shape index (κ1) is 19.9. The number of nitrogens with one attached hydrogen (secondary N) is 2. The molecule has 0 heterocycles. The predicted molar refractivity (Wildman–Crippen MR) is 85.6 cm³/mol. The highest BCUT2D eigenvalue weighted by Crippen LogP contribution is 2.02. The third-order valence-electron chi connectivity index (χ3n) is 2.78. The highest BCUT2D eigenvalue weighted by Gasteiger charge is 2.15. The van der Waals surface area contributed by atoms with E-state index in [0.717, 1.165) is 5.56 Å². The van der Waals surface area contributed by atoms with Crippen molar-refractivity contribution in [2.75, 3.05) is 13.1 Å². The van der Waals surface area contributed by atoms with Gasteiger partial charge in [0.15, 0.2) is 0 Å². The van der Waals surface area contributed by atoms with E-state index in [1.54, 1.807) is 12.1 Å². The van der Waals surface area contributed by atoms with Crippen molar-refractivity contribution in [3.8, 4) is 0 Å². The topological polar surface area (TPSA) is 127 Å². The summed E-state index contributed by atoms with van der Waals surface area (Å²) in [6.45, 7) is 2.43. The van der Waals surface area contributed by atoms with Gasteiger partial charge < -0.3 is 22.1 Å². The third-order valence-corrected chi connectivity index (χ3v) is 2.78. The van der Waals surface area contributed by atoms with E-state index in [1.807, 2.05) is 19.1 Å². The Bertz CT molecular complexity index is 519. The molecular formula is C14H21ClN4O3. The van der Waals surface area contributed by atoms with Crippen molar-refractivity contribution in [3.05, 3.63) is 35.4 Å². The van der Waals surface area contributed by atoms with Gasteiger partial charge in [-0.15, -0.1) is 12.4 Å². The van der Waals surface area contributed by atoms with E-state index in [2.05, 4.69) is 10.6 Å². The van der Waals surface area contributed by atoms with Gasteiger partial charge in [-0.25, -0.2) is 0 Å². The summed E-state index contributed by atoms with van der Waals surface area (Å²) >= 11 is 0. The number of carbonyl (C=O) groups is 3. The van der Waals surface area contributed by atoms with Crippen molar-refractivity contribution in [1.29, 1.82) is 0 Å². The second kappa shape index (κ2) is 9.75. The molecule has 3 amide bonds. The molecule has 0 aromatic heterocycles. The number of aryl methyl sites for hydroxylation is 1. The monoisotopic (exact) mass is 328 g/mol. The molecule has 22 heavy (non-hydrogen) atoms. The highest BCUT2D eigenvalue weighted by molar-refractivity contribution is 5.94. The maximum absolute atomic E-state index is 11.8. The molecule has 1 atom stereocenters. The fraction of sp³-hybridized carbons (Fsp3) is 0.357. The summed E-state index contributed by atoms with van der Waals surface area (Å²) in [6, 6.07) is 6.19. The minimum absolute atomic E-state index is 0. The van der Waals surface area contributed by atoms with Gasteiger partial charge in [0.2, 0.25) is 11.8 Å². The molecule has 8 heteroatoms. The molecular weight excluding hydrogens is 308 g/mol. The largest absolute Gasteiger partial charge is 0.370 e. The molecule has 0 saturated heterocycles. The average Bonchev–Trinajstić information content (AvgIpc) is 2.43. The van der Waals surface area contributed by atoms with Crippen LogP contribution in [-0.2, 0) is 9.59 Å².